The molecule has 1 aromatic heterocycles. The molecule has 0 fully saturated rings. The van der Waals surface area contributed by atoms with Crippen LogP contribution in [0.5, 0.6) is 0 Å². The van der Waals surface area contributed by atoms with Crippen LogP contribution in [0, 0.1) is 0 Å². The van der Waals surface area contributed by atoms with E-state index in [0.717, 1.165) is 4.60 Å². The Balaban J connectivity index is 3.13. The van der Waals surface area contributed by atoms with Gasteiger partial charge in [-0.1, -0.05) is 0 Å². The minimum Gasteiger partial charge on any atom is -0.299 e. The summed E-state index contributed by atoms with van der Waals surface area (Å²) in [5, 5.41) is 4.27. The normalized spacial score (nSPS) is 12.5. The molecule has 0 aliphatic rings. The van der Waals surface area contributed by atoms with Crippen molar-refractivity contribution in [1.82, 2.24) is 14.7 Å². The monoisotopic (exact) mass is 245 g/mol. The van der Waals surface area contributed by atoms with Gasteiger partial charge in [-0.2, -0.15) is 5.10 Å². The Hall–Kier alpha value is -0.350. The molecule has 1 aromatic rings. The summed E-state index contributed by atoms with van der Waals surface area (Å²) in [6.07, 6.45) is 0. The van der Waals surface area contributed by atoms with E-state index in [1.165, 1.54) is 5.69 Å². The molecule has 3 nitrogen and oxygen atoms in total. The van der Waals surface area contributed by atoms with Crippen LogP contribution in [0.4, 0.5) is 0 Å². The predicted octanol–water partition coefficient (Wildman–Crippen LogP) is 1.98. The van der Waals surface area contributed by atoms with Crippen LogP contribution in [0.3, 0.4) is 0 Å². The topological polar surface area (TPSA) is 21.1 Å². The molecule has 0 aliphatic heterocycles. The number of hydrogen-bond acceptors (Lipinski definition) is 2. The lowest BCUT2D eigenvalue weighted by atomic mass is 9.99. The first kappa shape index (κ1) is 10.7. The van der Waals surface area contributed by atoms with Gasteiger partial charge in [0.1, 0.15) is 4.60 Å². The molecule has 0 N–H and O–H groups in total. The van der Waals surface area contributed by atoms with Crippen molar-refractivity contribution in [3.8, 4) is 0 Å². The van der Waals surface area contributed by atoms with Crippen molar-refractivity contribution in [2.75, 3.05) is 14.1 Å². The Morgan fingerprint density at radius 3 is 2.31 bits per heavy atom. The molecule has 0 atom stereocenters. The fourth-order valence-electron chi connectivity index (χ4n) is 1.23. The highest BCUT2D eigenvalue weighted by atomic mass is 79.9. The smallest absolute Gasteiger partial charge is 0.128 e. The second-order valence-corrected chi connectivity index (χ2v) is 4.74. The van der Waals surface area contributed by atoms with Gasteiger partial charge < -0.3 is 0 Å². The SMILES string of the molecule is CN(C)C(C)(C)c1cc(Br)nn1C. The molecule has 13 heavy (non-hydrogen) atoms. The van der Waals surface area contributed by atoms with Gasteiger partial charge in [-0.05, 0) is 49.9 Å². The second kappa shape index (κ2) is 3.42. The van der Waals surface area contributed by atoms with Crippen LogP contribution in [-0.2, 0) is 12.6 Å². The van der Waals surface area contributed by atoms with Gasteiger partial charge in [-0.15, -0.1) is 0 Å². The van der Waals surface area contributed by atoms with E-state index >= 15 is 0 Å². The van der Waals surface area contributed by atoms with Crippen LogP contribution in [0.2, 0.25) is 0 Å². The van der Waals surface area contributed by atoms with E-state index in [9.17, 15) is 0 Å². The van der Waals surface area contributed by atoms with E-state index < -0.39 is 0 Å². The van der Waals surface area contributed by atoms with Crippen LogP contribution >= 0.6 is 15.9 Å². The summed E-state index contributed by atoms with van der Waals surface area (Å²) in [4.78, 5) is 2.18. The van der Waals surface area contributed by atoms with Gasteiger partial charge in [0.25, 0.3) is 0 Å². The summed E-state index contributed by atoms with van der Waals surface area (Å²) in [5.41, 5.74) is 1.21. The summed E-state index contributed by atoms with van der Waals surface area (Å²) in [7, 11) is 6.10. The van der Waals surface area contributed by atoms with Crippen LogP contribution in [0.25, 0.3) is 0 Å². The lowest BCUT2D eigenvalue weighted by molar-refractivity contribution is 0.185. The zero-order valence-electron chi connectivity index (χ0n) is 8.80. The van der Waals surface area contributed by atoms with E-state index in [2.05, 4.69) is 59.9 Å². The summed E-state index contributed by atoms with van der Waals surface area (Å²) in [6.45, 7) is 4.35. The van der Waals surface area contributed by atoms with Gasteiger partial charge in [0.15, 0.2) is 0 Å². The molecule has 0 aliphatic carbocycles. The first-order chi connectivity index (χ1) is 5.85. The van der Waals surface area contributed by atoms with Crippen LogP contribution in [0.15, 0.2) is 10.7 Å². The molecule has 0 spiro atoms. The minimum absolute atomic E-state index is 0.00771. The largest absolute Gasteiger partial charge is 0.299 e. The maximum Gasteiger partial charge on any atom is 0.128 e. The molecule has 74 valence electrons. The zero-order valence-corrected chi connectivity index (χ0v) is 10.4. The van der Waals surface area contributed by atoms with E-state index in [1.807, 2.05) is 11.7 Å². The highest BCUT2D eigenvalue weighted by Crippen LogP contribution is 2.26. The van der Waals surface area contributed by atoms with E-state index in [1.54, 1.807) is 0 Å². The van der Waals surface area contributed by atoms with Crippen LogP contribution < -0.4 is 0 Å². The molecule has 4 heteroatoms. The Morgan fingerprint density at radius 1 is 1.46 bits per heavy atom. The lowest BCUT2D eigenvalue weighted by Gasteiger charge is -2.32. The minimum atomic E-state index is 0.00771. The first-order valence-electron chi connectivity index (χ1n) is 4.23. The first-order valence-corrected chi connectivity index (χ1v) is 5.02. The Labute approximate surface area is 87.9 Å². The average Bonchev–Trinajstić information content (AvgIpc) is 2.30. The summed E-state index contributed by atoms with van der Waals surface area (Å²) >= 11 is 3.37. The predicted molar refractivity (Wildman–Crippen MR) is 57.6 cm³/mol. The van der Waals surface area contributed by atoms with E-state index in [0.29, 0.717) is 0 Å². The van der Waals surface area contributed by atoms with Gasteiger partial charge in [-0.25, -0.2) is 0 Å². The van der Waals surface area contributed by atoms with Crippen molar-refractivity contribution in [2.45, 2.75) is 19.4 Å². The maximum atomic E-state index is 4.27. The van der Waals surface area contributed by atoms with Gasteiger partial charge in [0.2, 0.25) is 0 Å². The van der Waals surface area contributed by atoms with E-state index in [-0.39, 0.29) is 5.54 Å². The molecule has 0 unspecified atom stereocenters. The number of halogens is 1. The average molecular weight is 246 g/mol. The Bertz CT molecular complexity index is 302. The highest BCUT2D eigenvalue weighted by molar-refractivity contribution is 9.10. The Kier molecular flexibility index (Phi) is 2.82. The number of hydrogen-bond donors (Lipinski definition) is 0. The molecule has 0 saturated carbocycles. The molecule has 1 heterocycles. The highest BCUT2D eigenvalue weighted by Gasteiger charge is 2.26. The van der Waals surface area contributed by atoms with Crippen LogP contribution in [-0.4, -0.2) is 28.8 Å². The van der Waals surface area contributed by atoms with Crippen molar-refractivity contribution in [3.05, 3.63) is 16.4 Å². The Morgan fingerprint density at radius 2 is 2.00 bits per heavy atom. The number of rotatable bonds is 2. The second-order valence-electron chi connectivity index (χ2n) is 3.93. The number of nitrogens with zero attached hydrogens (tertiary/aromatic N) is 3. The third-order valence-electron chi connectivity index (χ3n) is 2.59. The van der Waals surface area contributed by atoms with Crippen molar-refractivity contribution in [2.24, 2.45) is 7.05 Å². The fourth-order valence-corrected chi connectivity index (χ4v) is 1.69. The standard InChI is InChI=1S/C9H16BrN3/c1-9(2,12(3)4)7-6-8(10)11-13(7)5/h6H,1-5H3. The number of aromatic nitrogens is 2. The van der Waals surface area contributed by atoms with Gasteiger partial charge in [0.05, 0.1) is 11.2 Å². The number of aryl methyl sites for hydroxylation is 1. The molecule has 0 amide bonds. The summed E-state index contributed by atoms with van der Waals surface area (Å²) in [5.74, 6) is 0. The van der Waals surface area contributed by atoms with Crippen molar-refractivity contribution >= 4 is 15.9 Å². The zero-order chi connectivity index (χ0) is 10.2. The third kappa shape index (κ3) is 1.94. The van der Waals surface area contributed by atoms with E-state index in [4.69, 9.17) is 0 Å². The molecule has 1 rings (SSSR count). The van der Waals surface area contributed by atoms with Gasteiger partial charge in [-0.3, -0.25) is 9.58 Å². The maximum absolute atomic E-state index is 4.27. The van der Waals surface area contributed by atoms with Crippen molar-refractivity contribution in [1.29, 1.82) is 0 Å². The molecule has 0 radical (unpaired) electrons. The summed E-state index contributed by atoms with van der Waals surface area (Å²) in [6, 6.07) is 2.06. The summed E-state index contributed by atoms with van der Waals surface area (Å²) < 4.78 is 2.80. The lowest BCUT2D eigenvalue weighted by Crippen LogP contribution is -2.37. The molecule has 0 saturated heterocycles. The van der Waals surface area contributed by atoms with Gasteiger partial charge >= 0.3 is 0 Å². The van der Waals surface area contributed by atoms with Crippen LogP contribution in [0.1, 0.15) is 19.5 Å². The molecule has 0 bridgehead atoms. The molecular weight excluding hydrogens is 230 g/mol. The molecule has 0 aromatic carbocycles. The van der Waals surface area contributed by atoms with Crippen molar-refractivity contribution < 1.29 is 0 Å². The third-order valence-corrected chi connectivity index (χ3v) is 2.98. The fraction of sp³-hybridized carbons (Fsp3) is 0.667. The quantitative estimate of drug-likeness (QED) is 0.795. The molecular formula is C9H16BrN3. The van der Waals surface area contributed by atoms with Gasteiger partial charge in [0, 0.05) is 7.05 Å². The van der Waals surface area contributed by atoms with Crippen molar-refractivity contribution in [3.63, 3.8) is 0 Å².